The monoisotopic (exact) mass is 342 g/mol. The maximum Gasteiger partial charge on any atom is 0.145 e. The SMILES string of the molecule is COc1ccc(/C=C/C(C)C#C[Si](C(C)C)(C(C)C)C(C)C)cc1. The molecule has 0 spiro atoms. The summed E-state index contributed by atoms with van der Waals surface area (Å²) in [7, 11) is 0.0687. The van der Waals surface area contributed by atoms with Gasteiger partial charge < -0.3 is 4.74 Å². The highest BCUT2D eigenvalue weighted by Gasteiger charge is 2.41. The lowest BCUT2D eigenvalue weighted by Gasteiger charge is -2.38. The van der Waals surface area contributed by atoms with Gasteiger partial charge in [0.2, 0.25) is 0 Å². The van der Waals surface area contributed by atoms with Gasteiger partial charge in [-0.25, -0.2) is 0 Å². The highest BCUT2D eigenvalue weighted by Crippen LogP contribution is 2.40. The first kappa shape index (κ1) is 20.6. The molecule has 0 saturated carbocycles. The smallest absolute Gasteiger partial charge is 0.145 e. The van der Waals surface area contributed by atoms with E-state index in [1.54, 1.807) is 7.11 Å². The summed E-state index contributed by atoms with van der Waals surface area (Å²) in [5.74, 6) is 4.72. The minimum absolute atomic E-state index is 0.273. The first-order valence-electron chi connectivity index (χ1n) is 9.09. The molecule has 0 bridgehead atoms. The number of methoxy groups -OCH3 is 1. The Labute approximate surface area is 150 Å². The number of hydrogen-bond donors (Lipinski definition) is 0. The van der Waals surface area contributed by atoms with Crippen molar-refractivity contribution in [2.75, 3.05) is 7.11 Å². The summed E-state index contributed by atoms with van der Waals surface area (Å²) in [5.41, 5.74) is 7.04. The Balaban J connectivity index is 2.94. The first-order chi connectivity index (χ1) is 11.2. The van der Waals surface area contributed by atoms with Gasteiger partial charge in [-0.3, -0.25) is 0 Å². The topological polar surface area (TPSA) is 9.23 Å². The van der Waals surface area contributed by atoms with E-state index in [4.69, 9.17) is 4.74 Å². The second-order valence-corrected chi connectivity index (χ2v) is 13.2. The van der Waals surface area contributed by atoms with Gasteiger partial charge in [-0.1, -0.05) is 65.8 Å². The van der Waals surface area contributed by atoms with Crippen LogP contribution in [0.1, 0.15) is 54.0 Å². The van der Waals surface area contributed by atoms with E-state index in [2.05, 4.69) is 84.2 Å². The van der Waals surface area contributed by atoms with E-state index < -0.39 is 8.07 Å². The van der Waals surface area contributed by atoms with E-state index in [0.717, 1.165) is 5.75 Å². The van der Waals surface area contributed by atoms with E-state index in [1.165, 1.54) is 5.56 Å². The zero-order chi connectivity index (χ0) is 18.3. The Hall–Kier alpha value is -1.46. The highest BCUT2D eigenvalue weighted by atomic mass is 28.3. The van der Waals surface area contributed by atoms with Crippen LogP contribution in [-0.2, 0) is 0 Å². The van der Waals surface area contributed by atoms with Crippen LogP contribution < -0.4 is 4.74 Å². The van der Waals surface area contributed by atoms with Gasteiger partial charge in [0.05, 0.1) is 7.11 Å². The van der Waals surface area contributed by atoms with Gasteiger partial charge in [-0.2, -0.15) is 0 Å². The molecule has 1 aromatic rings. The largest absolute Gasteiger partial charge is 0.497 e. The van der Waals surface area contributed by atoms with Crippen LogP contribution in [0.4, 0.5) is 0 Å². The van der Waals surface area contributed by atoms with Crippen LogP contribution in [-0.4, -0.2) is 15.2 Å². The molecular formula is C22H34OSi. The zero-order valence-corrected chi connectivity index (χ0v) is 17.7. The number of allylic oxidation sites excluding steroid dienone is 1. The normalized spacial score (nSPS) is 13.5. The van der Waals surface area contributed by atoms with Crippen LogP contribution in [0.15, 0.2) is 30.3 Å². The van der Waals surface area contributed by atoms with E-state index in [-0.39, 0.29) is 5.92 Å². The average molecular weight is 343 g/mol. The third-order valence-electron chi connectivity index (χ3n) is 5.08. The van der Waals surface area contributed by atoms with Crippen LogP contribution in [0.5, 0.6) is 5.75 Å². The molecule has 0 aliphatic carbocycles. The molecule has 1 aromatic carbocycles. The Bertz CT molecular complexity index is 563. The second kappa shape index (κ2) is 9.13. The predicted octanol–water partition coefficient (Wildman–Crippen LogP) is 6.57. The lowest BCUT2D eigenvalue weighted by atomic mass is 10.1. The molecule has 0 fully saturated rings. The highest BCUT2D eigenvalue weighted by molar-refractivity contribution is 6.90. The summed E-state index contributed by atoms with van der Waals surface area (Å²) >= 11 is 0. The van der Waals surface area contributed by atoms with E-state index in [0.29, 0.717) is 16.6 Å². The van der Waals surface area contributed by atoms with Crippen molar-refractivity contribution < 1.29 is 4.74 Å². The maximum atomic E-state index is 5.20. The zero-order valence-electron chi connectivity index (χ0n) is 16.7. The van der Waals surface area contributed by atoms with Crippen molar-refractivity contribution in [3.63, 3.8) is 0 Å². The fourth-order valence-electron chi connectivity index (χ4n) is 3.69. The molecule has 0 amide bonds. The summed E-state index contributed by atoms with van der Waals surface area (Å²) in [4.78, 5) is 0. The molecule has 0 aromatic heterocycles. The van der Waals surface area contributed by atoms with Gasteiger partial charge in [0, 0.05) is 5.92 Å². The number of hydrogen-bond acceptors (Lipinski definition) is 1. The van der Waals surface area contributed by atoms with Crippen molar-refractivity contribution in [2.24, 2.45) is 5.92 Å². The fraction of sp³-hybridized carbons (Fsp3) is 0.545. The van der Waals surface area contributed by atoms with Crippen molar-refractivity contribution in [3.05, 3.63) is 35.9 Å². The molecule has 0 saturated heterocycles. The van der Waals surface area contributed by atoms with Gasteiger partial charge in [-0.05, 0) is 41.2 Å². The Kier molecular flexibility index (Phi) is 7.83. The predicted molar refractivity (Wildman–Crippen MR) is 110 cm³/mol. The number of benzene rings is 1. The molecule has 24 heavy (non-hydrogen) atoms. The minimum Gasteiger partial charge on any atom is -0.497 e. The third kappa shape index (κ3) is 5.01. The molecule has 1 atom stereocenters. The maximum absolute atomic E-state index is 5.20. The molecular weight excluding hydrogens is 308 g/mol. The van der Waals surface area contributed by atoms with Crippen LogP contribution in [0.3, 0.4) is 0 Å². The minimum atomic E-state index is -1.62. The van der Waals surface area contributed by atoms with Gasteiger partial charge >= 0.3 is 0 Å². The Morgan fingerprint density at radius 3 is 1.79 bits per heavy atom. The lowest BCUT2D eigenvalue weighted by Crippen LogP contribution is -2.43. The Morgan fingerprint density at radius 2 is 1.38 bits per heavy atom. The molecule has 0 radical (unpaired) electrons. The molecule has 1 unspecified atom stereocenters. The van der Waals surface area contributed by atoms with Gasteiger partial charge in [0.1, 0.15) is 13.8 Å². The molecule has 0 heterocycles. The van der Waals surface area contributed by atoms with Crippen molar-refractivity contribution >= 4 is 14.1 Å². The van der Waals surface area contributed by atoms with E-state index >= 15 is 0 Å². The standard InChI is InChI=1S/C22H34OSi/c1-17(2)24(18(3)4,19(5)6)16-15-20(7)9-10-21-11-13-22(23-8)14-12-21/h9-14,17-20H,1-8H3/b10-9+. The van der Waals surface area contributed by atoms with Crippen molar-refractivity contribution in [3.8, 4) is 17.2 Å². The summed E-state index contributed by atoms with van der Waals surface area (Å²) < 4.78 is 5.20. The second-order valence-electron chi connectivity index (χ2n) is 7.59. The molecule has 1 rings (SSSR count). The molecule has 1 nitrogen and oxygen atoms in total. The quantitative estimate of drug-likeness (QED) is 0.420. The summed E-state index contributed by atoms with van der Waals surface area (Å²) in [6.45, 7) is 16.3. The van der Waals surface area contributed by atoms with Crippen molar-refractivity contribution in [2.45, 2.75) is 65.1 Å². The van der Waals surface area contributed by atoms with Gasteiger partial charge in [-0.15, -0.1) is 11.5 Å². The average Bonchev–Trinajstić information content (AvgIpc) is 2.53. The lowest BCUT2D eigenvalue weighted by molar-refractivity contribution is 0.415. The van der Waals surface area contributed by atoms with Crippen molar-refractivity contribution in [1.82, 2.24) is 0 Å². The summed E-state index contributed by atoms with van der Waals surface area (Å²) in [5, 5.41) is 0. The summed E-state index contributed by atoms with van der Waals surface area (Å²) in [6, 6.07) is 8.13. The molecule has 0 aliphatic heterocycles. The summed E-state index contributed by atoms with van der Waals surface area (Å²) in [6.07, 6.45) is 4.36. The number of ether oxygens (including phenoxy) is 1. The molecule has 0 N–H and O–H groups in total. The molecule has 132 valence electrons. The molecule has 2 heteroatoms. The van der Waals surface area contributed by atoms with Gasteiger partial charge in [0.25, 0.3) is 0 Å². The van der Waals surface area contributed by atoms with Crippen LogP contribution in [0, 0.1) is 17.4 Å². The van der Waals surface area contributed by atoms with E-state index in [9.17, 15) is 0 Å². The van der Waals surface area contributed by atoms with E-state index in [1.807, 2.05) is 12.1 Å². The first-order valence-corrected chi connectivity index (χ1v) is 11.3. The van der Waals surface area contributed by atoms with Crippen molar-refractivity contribution in [1.29, 1.82) is 0 Å². The number of rotatable bonds is 6. The van der Waals surface area contributed by atoms with Crippen LogP contribution in [0.2, 0.25) is 16.6 Å². The van der Waals surface area contributed by atoms with Crippen LogP contribution in [0.25, 0.3) is 6.08 Å². The molecule has 0 aliphatic rings. The fourth-order valence-corrected chi connectivity index (χ4v) is 9.03. The van der Waals surface area contributed by atoms with Gasteiger partial charge in [0.15, 0.2) is 0 Å². The third-order valence-corrected chi connectivity index (χ3v) is 11.4. The van der Waals surface area contributed by atoms with Crippen LogP contribution >= 0.6 is 0 Å². The Morgan fingerprint density at radius 1 is 0.875 bits per heavy atom.